The van der Waals surface area contributed by atoms with E-state index in [1.165, 1.54) is 0 Å². The first-order chi connectivity index (χ1) is 9.63. The van der Waals surface area contributed by atoms with E-state index in [1.54, 1.807) is 7.11 Å². The van der Waals surface area contributed by atoms with Gasteiger partial charge in [-0.25, -0.2) is 0 Å². The molecule has 0 radical (unpaired) electrons. The molecule has 0 aliphatic carbocycles. The van der Waals surface area contributed by atoms with E-state index in [1.807, 2.05) is 49.4 Å². The quantitative estimate of drug-likeness (QED) is 0.853. The number of hydrogen-bond acceptors (Lipinski definition) is 2. The Kier molecular flexibility index (Phi) is 4.79. The van der Waals surface area contributed by atoms with E-state index >= 15 is 0 Å². The summed E-state index contributed by atoms with van der Waals surface area (Å²) < 4.78 is 5.28. The molecule has 0 fully saturated rings. The summed E-state index contributed by atoms with van der Waals surface area (Å²) in [6.45, 7) is 1.98. The monoisotopic (exact) mass is 333 g/mol. The fourth-order valence-electron chi connectivity index (χ4n) is 1.84. The molecule has 0 spiro atoms. The van der Waals surface area contributed by atoms with Crippen LogP contribution < -0.4 is 10.1 Å². The highest BCUT2D eigenvalue weighted by Gasteiger charge is 2.09. The van der Waals surface area contributed by atoms with Crippen molar-refractivity contribution in [1.29, 1.82) is 0 Å². The van der Waals surface area contributed by atoms with Gasteiger partial charge in [0.25, 0.3) is 5.91 Å². The highest BCUT2D eigenvalue weighted by molar-refractivity contribution is 9.08. The zero-order chi connectivity index (χ0) is 14.5. The van der Waals surface area contributed by atoms with Crippen LogP contribution in [0.25, 0.3) is 0 Å². The Morgan fingerprint density at radius 1 is 1.20 bits per heavy atom. The summed E-state index contributed by atoms with van der Waals surface area (Å²) in [7, 11) is 1.59. The summed E-state index contributed by atoms with van der Waals surface area (Å²) in [5, 5.41) is 3.65. The van der Waals surface area contributed by atoms with Crippen LogP contribution in [-0.4, -0.2) is 13.0 Å². The molecule has 1 N–H and O–H groups in total. The van der Waals surface area contributed by atoms with Crippen molar-refractivity contribution in [3.05, 3.63) is 59.2 Å². The number of methoxy groups -OCH3 is 1. The predicted molar refractivity (Wildman–Crippen MR) is 84.8 cm³/mol. The molecule has 0 saturated heterocycles. The minimum absolute atomic E-state index is 0.145. The lowest BCUT2D eigenvalue weighted by molar-refractivity contribution is 0.102. The Morgan fingerprint density at radius 2 is 1.90 bits per heavy atom. The largest absolute Gasteiger partial charge is 0.495 e. The van der Waals surface area contributed by atoms with Gasteiger partial charge in [0.2, 0.25) is 0 Å². The molecular weight excluding hydrogens is 318 g/mol. The molecule has 20 heavy (non-hydrogen) atoms. The molecule has 1 amide bonds. The highest BCUT2D eigenvalue weighted by atomic mass is 79.9. The lowest BCUT2D eigenvalue weighted by atomic mass is 10.1. The average Bonchev–Trinajstić information content (AvgIpc) is 2.49. The molecular formula is C16H16BrNO2. The molecule has 2 aromatic carbocycles. The van der Waals surface area contributed by atoms with Gasteiger partial charge in [0.1, 0.15) is 5.75 Å². The van der Waals surface area contributed by atoms with Crippen molar-refractivity contribution in [2.45, 2.75) is 12.3 Å². The third-order valence-electron chi connectivity index (χ3n) is 2.98. The van der Waals surface area contributed by atoms with Crippen molar-refractivity contribution in [3.63, 3.8) is 0 Å². The molecule has 0 heterocycles. The average molecular weight is 334 g/mol. The van der Waals surface area contributed by atoms with Crippen LogP contribution in [0.1, 0.15) is 21.5 Å². The van der Waals surface area contributed by atoms with Crippen molar-refractivity contribution < 1.29 is 9.53 Å². The minimum atomic E-state index is -0.145. The first-order valence-electron chi connectivity index (χ1n) is 6.25. The first-order valence-corrected chi connectivity index (χ1v) is 7.37. The molecule has 2 rings (SSSR count). The number of hydrogen-bond donors (Lipinski definition) is 1. The Labute approximate surface area is 127 Å². The number of rotatable bonds is 4. The van der Waals surface area contributed by atoms with E-state index in [-0.39, 0.29) is 5.91 Å². The number of halogens is 1. The van der Waals surface area contributed by atoms with Crippen LogP contribution in [-0.2, 0) is 5.33 Å². The fraction of sp³-hybridized carbons (Fsp3) is 0.188. The van der Waals surface area contributed by atoms with Crippen LogP contribution in [0.15, 0.2) is 42.5 Å². The van der Waals surface area contributed by atoms with E-state index in [9.17, 15) is 4.79 Å². The molecule has 104 valence electrons. The number of ether oxygens (including phenoxy) is 1. The first kappa shape index (κ1) is 14.6. The summed E-state index contributed by atoms with van der Waals surface area (Å²) in [5.74, 6) is 0.517. The zero-order valence-corrected chi connectivity index (χ0v) is 13.0. The molecule has 0 aliphatic heterocycles. The minimum Gasteiger partial charge on any atom is -0.495 e. The number of alkyl halides is 1. The van der Waals surface area contributed by atoms with Crippen molar-refractivity contribution in [2.75, 3.05) is 12.4 Å². The van der Waals surface area contributed by atoms with E-state index in [2.05, 4.69) is 21.2 Å². The highest BCUT2D eigenvalue weighted by Crippen LogP contribution is 2.25. The number of carbonyl (C=O) groups is 1. The second kappa shape index (κ2) is 6.57. The van der Waals surface area contributed by atoms with Crippen molar-refractivity contribution in [2.24, 2.45) is 0 Å². The third-order valence-corrected chi connectivity index (χ3v) is 3.62. The number of carbonyl (C=O) groups excluding carboxylic acids is 1. The molecule has 3 nitrogen and oxygen atoms in total. The van der Waals surface area contributed by atoms with Gasteiger partial charge in [-0.15, -0.1) is 0 Å². The second-order valence-electron chi connectivity index (χ2n) is 4.49. The van der Waals surface area contributed by atoms with Crippen LogP contribution >= 0.6 is 15.9 Å². The molecule has 0 aliphatic rings. The summed E-state index contributed by atoms with van der Waals surface area (Å²) in [6.07, 6.45) is 0. The van der Waals surface area contributed by atoms with Gasteiger partial charge in [-0.3, -0.25) is 4.79 Å². The zero-order valence-electron chi connectivity index (χ0n) is 11.4. The number of benzene rings is 2. The number of amides is 1. The maximum atomic E-state index is 12.2. The fourth-order valence-corrected chi connectivity index (χ4v) is 2.22. The summed E-state index contributed by atoms with van der Waals surface area (Å²) in [6, 6.07) is 13.2. The van der Waals surface area contributed by atoms with Gasteiger partial charge in [-0.1, -0.05) is 34.1 Å². The Hall–Kier alpha value is -1.81. The molecule has 0 atom stereocenters. The van der Waals surface area contributed by atoms with Gasteiger partial charge in [0, 0.05) is 10.9 Å². The Bertz CT molecular complexity index is 608. The van der Waals surface area contributed by atoms with E-state index in [4.69, 9.17) is 4.74 Å². The Balaban J connectivity index is 2.18. The second-order valence-corrected chi connectivity index (χ2v) is 5.05. The summed E-state index contributed by atoms with van der Waals surface area (Å²) in [5.41, 5.74) is 3.51. The maximum absolute atomic E-state index is 12.2. The molecule has 0 unspecified atom stereocenters. The molecule has 0 saturated carbocycles. The van der Waals surface area contributed by atoms with Crippen molar-refractivity contribution in [3.8, 4) is 5.75 Å². The van der Waals surface area contributed by atoms with Gasteiger partial charge in [0.05, 0.1) is 12.8 Å². The van der Waals surface area contributed by atoms with Crippen molar-refractivity contribution in [1.82, 2.24) is 0 Å². The SMILES string of the molecule is COc1cc(C)ccc1NC(=O)c1ccc(CBr)cc1. The Morgan fingerprint density at radius 3 is 2.50 bits per heavy atom. The number of anilines is 1. The molecule has 0 aromatic heterocycles. The maximum Gasteiger partial charge on any atom is 0.255 e. The standard InChI is InChI=1S/C16H16BrNO2/c1-11-3-8-14(15(9-11)20-2)18-16(19)13-6-4-12(10-17)5-7-13/h3-9H,10H2,1-2H3,(H,18,19). The smallest absolute Gasteiger partial charge is 0.255 e. The van der Waals surface area contributed by atoms with Gasteiger partial charge in [-0.05, 0) is 42.3 Å². The lowest BCUT2D eigenvalue weighted by Crippen LogP contribution is -2.12. The van der Waals surface area contributed by atoms with Gasteiger partial charge in [-0.2, -0.15) is 0 Å². The number of nitrogens with one attached hydrogen (secondary N) is 1. The number of aryl methyl sites for hydroxylation is 1. The van der Waals surface area contributed by atoms with Gasteiger partial charge >= 0.3 is 0 Å². The van der Waals surface area contributed by atoms with Gasteiger partial charge in [0.15, 0.2) is 0 Å². The normalized spacial score (nSPS) is 10.2. The van der Waals surface area contributed by atoms with Crippen molar-refractivity contribution >= 4 is 27.5 Å². The van der Waals surface area contributed by atoms with Crippen LogP contribution in [0.3, 0.4) is 0 Å². The van der Waals surface area contributed by atoms with Crippen LogP contribution in [0.2, 0.25) is 0 Å². The third kappa shape index (κ3) is 3.39. The van der Waals surface area contributed by atoms with E-state index in [0.717, 1.165) is 16.5 Å². The predicted octanol–water partition coefficient (Wildman–Crippen LogP) is 4.15. The molecule has 2 aromatic rings. The molecule has 0 bridgehead atoms. The molecule has 4 heteroatoms. The van der Waals surface area contributed by atoms with E-state index in [0.29, 0.717) is 17.0 Å². The van der Waals surface area contributed by atoms with Crippen LogP contribution in [0, 0.1) is 6.92 Å². The van der Waals surface area contributed by atoms with Crippen LogP contribution in [0.5, 0.6) is 5.75 Å². The van der Waals surface area contributed by atoms with E-state index < -0.39 is 0 Å². The lowest BCUT2D eigenvalue weighted by Gasteiger charge is -2.11. The topological polar surface area (TPSA) is 38.3 Å². The summed E-state index contributed by atoms with van der Waals surface area (Å²) in [4.78, 5) is 12.2. The van der Waals surface area contributed by atoms with Gasteiger partial charge < -0.3 is 10.1 Å². The summed E-state index contributed by atoms with van der Waals surface area (Å²) >= 11 is 3.38. The van der Waals surface area contributed by atoms with Crippen LogP contribution in [0.4, 0.5) is 5.69 Å².